The highest BCUT2D eigenvalue weighted by atomic mass is 16.6. The molecule has 5 rings (SSSR count). The second-order valence-corrected chi connectivity index (χ2v) is 9.90. The fourth-order valence-electron chi connectivity index (χ4n) is 4.59. The number of likely N-dealkylation sites (tertiary alicyclic amines) is 1. The van der Waals surface area contributed by atoms with Crippen molar-refractivity contribution in [3.05, 3.63) is 61.1 Å². The van der Waals surface area contributed by atoms with E-state index in [0.29, 0.717) is 5.92 Å². The molecule has 0 saturated carbocycles. The van der Waals surface area contributed by atoms with Crippen LogP contribution >= 0.6 is 0 Å². The van der Waals surface area contributed by atoms with Crippen molar-refractivity contribution in [3.8, 4) is 11.1 Å². The zero-order valence-corrected chi connectivity index (χ0v) is 19.5. The quantitative estimate of drug-likeness (QED) is 0.396. The Bertz CT molecular complexity index is 1300. The first-order valence-electron chi connectivity index (χ1n) is 11.6. The van der Waals surface area contributed by atoms with Crippen LogP contribution in [0, 0.1) is 5.92 Å². The first-order valence-corrected chi connectivity index (χ1v) is 11.6. The lowest BCUT2D eigenvalue weighted by molar-refractivity contribution is 0.0178. The molecule has 0 radical (unpaired) electrons. The van der Waals surface area contributed by atoms with E-state index in [2.05, 4.69) is 52.0 Å². The molecular formula is C27H30N4O2. The van der Waals surface area contributed by atoms with Gasteiger partial charge >= 0.3 is 6.09 Å². The van der Waals surface area contributed by atoms with Crippen LogP contribution in [0.1, 0.15) is 33.6 Å². The number of benzene rings is 2. The average Bonchev–Trinajstić information content (AvgIpc) is 3.21. The van der Waals surface area contributed by atoms with Crippen molar-refractivity contribution in [1.29, 1.82) is 0 Å². The summed E-state index contributed by atoms with van der Waals surface area (Å²) in [7, 11) is 0. The summed E-state index contributed by atoms with van der Waals surface area (Å²) in [6.07, 6.45) is 5.46. The van der Waals surface area contributed by atoms with Crippen molar-refractivity contribution in [2.75, 3.05) is 13.1 Å². The van der Waals surface area contributed by atoms with Crippen LogP contribution in [0.3, 0.4) is 0 Å². The normalized spacial score (nSPS) is 15.3. The SMILES string of the molecule is CC(C)(C)OC(=O)N1CCC(Cn2cnc3c(-c4ccc5ccccc5c4)ccnc32)CC1. The van der Waals surface area contributed by atoms with Gasteiger partial charge in [-0.3, -0.25) is 0 Å². The highest BCUT2D eigenvalue weighted by Gasteiger charge is 2.27. The van der Waals surface area contributed by atoms with E-state index in [1.165, 1.54) is 10.8 Å². The Morgan fingerprint density at radius 1 is 1.03 bits per heavy atom. The van der Waals surface area contributed by atoms with E-state index in [4.69, 9.17) is 9.72 Å². The third-order valence-corrected chi connectivity index (χ3v) is 6.28. The van der Waals surface area contributed by atoms with Gasteiger partial charge in [0, 0.05) is 31.4 Å². The molecule has 2 aromatic carbocycles. The molecule has 1 saturated heterocycles. The van der Waals surface area contributed by atoms with E-state index < -0.39 is 5.60 Å². The summed E-state index contributed by atoms with van der Waals surface area (Å²) < 4.78 is 7.68. The Hall–Kier alpha value is -3.41. The molecule has 33 heavy (non-hydrogen) atoms. The van der Waals surface area contributed by atoms with E-state index in [1.54, 1.807) is 0 Å². The summed E-state index contributed by atoms with van der Waals surface area (Å²) in [6, 6.07) is 17.0. The molecule has 0 bridgehead atoms. The molecule has 1 amide bonds. The van der Waals surface area contributed by atoms with E-state index in [9.17, 15) is 4.79 Å². The fourth-order valence-corrected chi connectivity index (χ4v) is 4.59. The maximum atomic E-state index is 12.3. The minimum absolute atomic E-state index is 0.212. The Labute approximate surface area is 194 Å². The second kappa shape index (κ2) is 8.50. The molecule has 6 nitrogen and oxygen atoms in total. The zero-order valence-electron chi connectivity index (χ0n) is 19.5. The van der Waals surface area contributed by atoms with Crippen molar-refractivity contribution < 1.29 is 9.53 Å². The van der Waals surface area contributed by atoms with E-state index >= 15 is 0 Å². The number of hydrogen-bond acceptors (Lipinski definition) is 4. The smallest absolute Gasteiger partial charge is 0.410 e. The van der Waals surface area contributed by atoms with Crippen molar-refractivity contribution in [2.24, 2.45) is 5.92 Å². The minimum Gasteiger partial charge on any atom is -0.444 e. The number of pyridine rings is 1. The van der Waals surface area contributed by atoms with Crippen molar-refractivity contribution >= 4 is 28.0 Å². The van der Waals surface area contributed by atoms with Gasteiger partial charge in [0.2, 0.25) is 0 Å². The van der Waals surface area contributed by atoms with Gasteiger partial charge in [-0.25, -0.2) is 14.8 Å². The van der Waals surface area contributed by atoms with Gasteiger partial charge in [0.15, 0.2) is 5.65 Å². The van der Waals surface area contributed by atoms with Crippen LogP contribution in [0.4, 0.5) is 4.79 Å². The summed E-state index contributed by atoms with van der Waals surface area (Å²) in [4.78, 5) is 23.6. The van der Waals surface area contributed by atoms with Crippen molar-refractivity contribution in [1.82, 2.24) is 19.4 Å². The third-order valence-electron chi connectivity index (χ3n) is 6.28. The highest BCUT2D eigenvalue weighted by molar-refractivity contribution is 5.94. The van der Waals surface area contributed by atoms with Crippen molar-refractivity contribution in [2.45, 2.75) is 45.8 Å². The van der Waals surface area contributed by atoms with Crippen LogP contribution in [0.15, 0.2) is 61.1 Å². The number of ether oxygens (including phenoxy) is 1. The van der Waals surface area contributed by atoms with Gasteiger partial charge in [0.05, 0.1) is 6.33 Å². The Kier molecular flexibility index (Phi) is 5.52. The summed E-state index contributed by atoms with van der Waals surface area (Å²) in [5.41, 5.74) is 3.63. The number of carbonyl (C=O) groups is 1. The first-order chi connectivity index (χ1) is 15.9. The van der Waals surface area contributed by atoms with Gasteiger partial charge in [0.25, 0.3) is 0 Å². The van der Waals surface area contributed by atoms with Gasteiger partial charge in [-0.2, -0.15) is 0 Å². The lowest BCUT2D eigenvalue weighted by Gasteiger charge is -2.33. The number of nitrogens with zero attached hydrogens (tertiary/aromatic N) is 4. The standard InChI is InChI=1S/C27H30N4O2/c1-27(2,3)33-26(32)30-14-11-19(12-15-30)17-31-18-29-24-23(10-13-28-25(24)31)22-9-8-20-6-4-5-7-21(20)16-22/h4-10,13,16,18-19H,11-12,14-15,17H2,1-3H3. The summed E-state index contributed by atoms with van der Waals surface area (Å²) in [5, 5.41) is 2.45. The molecule has 1 aliphatic heterocycles. The molecule has 0 N–H and O–H groups in total. The third kappa shape index (κ3) is 4.56. The van der Waals surface area contributed by atoms with Crippen LogP contribution in [0.25, 0.3) is 33.1 Å². The Morgan fingerprint density at radius 3 is 2.55 bits per heavy atom. The fraction of sp³-hybridized carbons (Fsp3) is 0.370. The predicted molar refractivity (Wildman–Crippen MR) is 131 cm³/mol. The van der Waals surface area contributed by atoms with Crippen LogP contribution in [-0.4, -0.2) is 44.2 Å². The molecule has 2 aromatic heterocycles. The molecule has 0 unspecified atom stereocenters. The number of carbonyl (C=O) groups excluding carboxylic acids is 1. The monoisotopic (exact) mass is 442 g/mol. The molecular weight excluding hydrogens is 412 g/mol. The van der Waals surface area contributed by atoms with E-state index in [1.807, 2.05) is 44.3 Å². The summed E-state index contributed by atoms with van der Waals surface area (Å²) in [6.45, 7) is 8.01. The zero-order chi connectivity index (χ0) is 23.0. The Balaban J connectivity index is 1.32. The number of rotatable bonds is 3. The maximum absolute atomic E-state index is 12.3. The second-order valence-electron chi connectivity index (χ2n) is 9.90. The molecule has 4 aromatic rings. The van der Waals surface area contributed by atoms with E-state index in [-0.39, 0.29) is 6.09 Å². The Morgan fingerprint density at radius 2 is 1.79 bits per heavy atom. The minimum atomic E-state index is -0.460. The number of fused-ring (bicyclic) bond motifs is 2. The van der Waals surface area contributed by atoms with Gasteiger partial charge in [-0.05, 0) is 68.0 Å². The molecule has 1 fully saturated rings. The predicted octanol–water partition coefficient (Wildman–Crippen LogP) is 5.90. The van der Waals surface area contributed by atoms with Crippen LogP contribution in [0.2, 0.25) is 0 Å². The summed E-state index contributed by atoms with van der Waals surface area (Å²) in [5.74, 6) is 0.479. The lowest BCUT2D eigenvalue weighted by atomic mass is 9.97. The van der Waals surface area contributed by atoms with Crippen LogP contribution in [-0.2, 0) is 11.3 Å². The maximum Gasteiger partial charge on any atom is 0.410 e. The molecule has 6 heteroatoms. The average molecular weight is 443 g/mol. The largest absolute Gasteiger partial charge is 0.444 e. The molecule has 0 spiro atoms. The number of piperidine rings is 1. The molecule has 1 aliphatic rings. The van der Waals surface area contributed by atoms with Gasteiger partial charge in [-0.15, -0.1) is 0 Å². The molecule has 170 valence electrons. The van der Waals surface area contributed by atoms with Gasteiger partial charge in [-0.1, -0.05) is 36.4 Å². The topological polar surface area (TPSA) is 60.2 Å². The van der Waals surface area contributed by atoms with Crippen molar-refractivity contribution in [3.63, 3.8) is 0 Å². The summed E-state index contributed by atoms with van der Waals surface area (Å²) >= 11 is 0. The number of amides is 1. The van der Waals surface area contributed by atoms with Gasteiger partial charge in [0.1, 0.15) is 11.1 Å². The van der Waals surface area contributed by atoms with E-state index in [0.717, 1.165) is 54.8 Å². The number of aromatic nitrogens is 3. The number of hydrogen-bond donors (Lipinski definition) is 0. The first kappa shape index (κ1) is 21.4. The molecule has 3 heterocycles. The van der Waals surface area contributed by atoms with Crippen LogP contribution < -0.4 is 0 Å². The lowest BCUT2D eigenvalue weighted by Crippen LogP contribution is -2.42. The molecule has 0 aliphatic carbocycles. The molecule has 0 atom stereocenters. The van der Waals surface area contributed by atoms with Gasteiger partial charge < -0.3 is 14.2 Å². The van der Waals surface area contributed by atoms with Crippen LogP contribution in [0.5, 0.6) is 0 Å². The highest BCUT2D eigenvalue weighted by Crippen LogP contribution is 2.30. The number of imidazole rings is 1.